The Hall–Kier alpha value is -0.780. The largest absolute Gasteiger partial charge is 0.480 e. The summed E-state index contributed by atoms with van der Waals surface area (Å²) in [5, 5.41) is 11.6. The maximum absolute atomic E-state index is 11.9. The van der Waals surface area contributed by atoms with Crippen molar-refractivity contribution in [1.82, 2.24) is 5.32 Å². The van der Waals surface area contributed by atoms with E-state index in [1.807, 2.05) is 0 Å². The molecule has 0 saturated carbocycles. The highest BCUT2D eigenvalue weighted by molar-refractivity contribution is 7.20. The summed E-state index contributed by atoms with van der Waals surface area (Å²) in [5.74, 6) is -1.63. The number of aliphatic carboxylic acids is 1. The van der Waals surface area contributed by atoms with Crippen LogP contribution in [0.25, 0.3) is 0 Å². The highest BCUT2D eigenvalue weighted by Gasteiger charge is 2.33. The average Bonchev–Trinajstić information content (AvgIpc) is 2.51. The van der Waals surface area contributed by atoms with Crippen molar-refractivity contribution in [3.8, 4) is 0 Å². The maximum Gasteiger partial charge on any atom is 0.326 e. The number of hydrogen-bond acceptors (Lipinski definition) is 3. The smallest absolute Gasteiger partial charge is 0.326 e. The summed E-state index contributed by atoms with van der Waals surface area (Å²) in [4.78, 5) is 23.1. The molecule has 0 aliphatic rings. The molecule has 0 aliphatic heterocycles. The Morgan fingerprint density at radius 3 is 2.28 bits per heavy atom. The number of carboxylic acids is 1. The van der Waals surface area contributed by atoms with Crippen LogP contribution in [0.4, 0.5) is 0 Å². The van der Waals surface area contributed by atoms with Crippen LogP contribution in [0.3, 0.4) is 0 Å². The molecule has 0 saturated heterocycles. The first-order valence-electron chi connectivity index (χ1n) is 5.11. The molecule has 0 radical (unpaired) electrons. The minimum Gasteiger partial charge on any atom is -0.480 e. The van der Waals surface area contributed by atoms with E-state index in [4.69, 9.17) is 28.3 Å². The van der Waals surface area contributed by atoms with Gasteiger partial charge in [-0.1, -0.05) is 44.0 Å². The van der Waals surface area contributed by atoms with Crippen LogP contribution in [-0.4, -0.2) is 23.0 Å². The zero-order valence-corrected chi connectivity index (χ0v) is 12.4. The molecular weight excluding hydrogens is 297 g/mol. The lowest BCUT2D eigenvalue weighted by Gasteiger charge is -2.27. The van der Waals surface area contributed by atoms with Crippen LogP contribution >= 0.6 is 34.5 Å². The van der Waals surface area contributed by atoms with Gasteiger partial charge >= 0.3 is 5.97 Å². The minimum atomic E-state index is -1.09. The summed E-state index contributed by atoms with van der Waals surface area (Å²) in [6.45, 7) is 5.19. The van der Waals surface area contributed by atoms with E-state index >= 15 is 0 Å². The fourth-order valence-electron chi connectivity index (χ4n) is 1.35. The van der Waals surface area contributed by atoms with E-state index in [2.05, 4.69) is 5.32 Å². The Kier molecular flexibility index (Phi) is 4.64. The van der Waals surface area contributed by atoms with Gasteiger partial charge in [0.25, 0.3) is 5.91 Å². The Balaban J connectivity index is 2.93. The van der Waals surface area contributed by atoms with Gasteiger partial charge in [0.2, 0.25) is 0 Å². The molecule has 1 rings (SSSR count). The van der Waals surface area contributed by atoms with Crippen LogP contribution in [0, 0.1) is 5.41 Å². The molecule has 4 nitrogen and oxygen atoms in total. The third kappa shape index (κ3) is 3.60. The summed E-state index contributed by atoms with van der Waals surface area (Å²) in [6, 6.07) is 0.422. The van der Waals surface area contributed by atoms with Gasteiger partial charge in [0.15, 0.2) is 0 Å². The zero-order chi connectivity index (χ0) is 14.1. The van der Waals surface area contributed by atoms with E-state index in [0.29, 0.717) is 4.34 Å². The number of thiophene rings is 1. The molecular formula is C11H13Cl2NO3S. The van der Waals surface area contributed by atoms with Gasteiger partial charge in [0, 0.05) is 0 Å². The van der Waals surface area contributed by atoms with E-state index in [9.17, 15) is 9.59 Å². The number of carboxylic acid groups (broad SMARTS) is 1. The molecule has 0 aliphatic carbocycles. The molecule has 0 aromatic carbocycles. The van der Waals surface area contributed by atoms with Crippen molar-refractivity contribution in [2.45, 2.75) is 26.8 Å². The Labute approximate surface area is 119 Å². The lowest BCUT2D eigenvalue weighted by molar-refractivity contribution is -0.142. The molecule has 0 bridgehead atoms. The quantitative estimate of drug-likeness (QED) is 0.900. The predicted octanol–water partition coefficient (Wildman–Crippen LogP) is 3.28. The summed E-state index contributed by atoms with van der Waals surface area (Å²) in [6.07, 6.45) is 0. The molecule has 100 valence electrons. The first-order chi connectivity index (χ1) is 8.12. The molecule has 0 fully saturated rings. The molecule has 18 heavy (non-hydrogen) atoms. The van der Waals surface area contributed by atoms with E-state index < -0.39 is 23.3 Å². The highest BCUT2D eigenvalue weighted by Crippen LogP contribution is 2.31. The van der Waals surface area contributed by atoms with Crippen molar-refractivity contribution >= 4 is 46.4 Å². The van der Waals surface area contributed by atoms with E-state index in [0.717, 1.165) is 11.3 Å². The molecule has 1 aromatic rings. The number of hydrogen-bond donors (Lipinski definition) is 2. The third-order valence-electron chi connectivity index (χ3n) is 2.29. The number of halogens is 2. The molecule has 1 heterocycles. The monoisotopic (exact) mass is 309 g/mol. The number of nitrogens with one attached hydrogen (secondary N) is 1. The van der Waals surface area contributed by atoms with Crippen molar-refractivity contribution in [3.05, 3.63) is 20.3 Å². The van der Waals surface area contributed by atoms with Gasteiger partial charge in [-0.15, -0.1) is 11.3 Å². The zero-order valence-electron chi connectivity index (χ0n) is 10.1. The van der Waals surface area contributed by atoms with Crippen LogP contribution < -0.4 is 5.32 Å². The number of rotatable bonds is 3. The molecule has 2 N–H and O–H groups in total. The SMILES string of the molecule is CC(C)(C)C(NC(=O)c1cc(Cl)sc1Cl)C(=O)O. The van der Waals surface area contributed by atoms with Crippen LogP contribution in [-0.2, 0) is 4.79 Å². The fraction of sp³-hybridized carbons (Fsp3) is 0.455. The molecule has 0 spiro atoms. The van der Waals surface area contributed by atoms with Gasteiger partial charge in [0.05, 0.1) is 9.90 Å². The first kappa shape index (κ1) is 15.3. The van der Waals surface area contributed by atoms with Gasteiger partial charge in [-0.05, 0) is 11.5 Å². The third-order valence-corrected chi connectivity index (χ3v) is 3.78. The Morgan fingerprint density at radius 2 is 1.94 bits per heavy atom. The minimum absolute atomic E-state index is 0.196. The number of carbonyl (C=O) groups is 2. The molecule has 1 aromatic heterocycles. The van der Waals surface area contributed by atoms with Crippen LogP contribution in [0.2, 0.25) is 8.67 Å². The van der Waals surface area contributed by atoms with Crippen molar-refractivity contribution in [2.75, 3.05) is 0 Å². The predicted molar refractivity (Wildman–Crippen MR) is 72.7 cm³/mol. The van der Waals surface area contributed by atoms with Crippen molar-refractivity contribution in [3.63, 3.8) is 0 Å². The van der Waals surface area contributed by atoms with Gasteiger partial charge in [-0.2, -0.15) is 0 Å². The van der Waals surface area contributed by atoms with Crippen LogP contribution in [0.1, 0.15) is 31.1 Å². The topological polar surface area (TPSA) is 66.4 Å². The first-order valence-corrected chi connectivity index (χ1v) is 6.68. The van der Waals surface area contributed by atoms with E-state index in [1.54, 1.807) is 20.8 Å². The van der Waals surface area contributed by atoms with Crippen molar-refractivity contribution in [2.24, 2.45) is 5.41 Å². The normalized spacial score (nSPS) is 13.2. The lowest BCUT2D eigenvalue weighted by atomic mass is 9.86. The second kappa shape index (κ2) is 5.47. The molecule has 1 unspecified atom stereocenters. The lowest BCUT2D eigenvalue weighted by Crippen LogP contribution is -2.49. The van der Waals surface area contributed by atoms with Crippen molar-refractivity contribution < 1.29 is 14.7 Å². The van der Waals surface area contributed by atoms with Crippen LogP contribution in [0.5, 0.6) is 0 Å². The standard InChI is InChI=1S/C11H13Cl2NO3S/c1-11(2,3)7(10(16)17)14-9(15)5-4-6(12)18-8(5)13/h4,7H,1-3H3,(H,14,15)(H,16,17). The fourth-order valence-corrected chi connectivity index (χ4v) is 2.81. The van der Waals surface area contributed by atoms with Gasteiger partial charge < -0.3 is 10.4 Å². The average molecular weight is 310 g/mol. The molecule has 7 heteroatoms. The van der Waals surface area contributed by atoms with E-state index in [-0.39, 0.29) is 9.90 Å². The number of carbonyl (C=O) groups excluding carboxylic acids is 1. The van der Waals surface area contributed by atoms with Gasteiger partial charge in [0.1, 0.15) is 10.4 Å². The highest BCUT2D eigenvalue weighted by atomic mass is 35.5. The number of amides is 1. The van der Waals surface area contributed by atoms with Gasteiger partial charge in [-0.3, -0.25) is 4.79 Å². The second-order valence-corrected chi connectivity index (χ2v) is 7.13. The van der Waals surface area contributed by atoms with E-state index in [1.165, 1.54) is 6.07 Å². The van der Waals surface area contributed by atoms with Crippen LogP contribution in [0.15, 0.2) is 6.07 Å². The van der Waals surface area contributed by atoms with Gasteiger partial charge in [-0.25, -0.2) is 4.79 Å². The summed E-state index contributed by atoms with van der Waals surface area (Å²) < 4.78 is 0.628. The Morgan fingerprint density at radius 1 is 1.39 bits per heavy atom. The molecule has 1 atom stereocenters. The van der Waals surface area contributed by atoms with Crippen molar-refractivity contribution in [1.29, 1.82) is 0 Å². The summed E-state index contributed by atoms with van der Waals surface area (Å²) in [7, 11) is 0. The summed E-state index contributed by atoms with van der Waals surface area (Å²) in [5.41, 5.74) is -0.407. The summed E-state index contributed by atoms with van der Waals surface area (Å²) >= 11 is 12.6. The molecule has 1 amide bonds. The Bertz CT molecular complexity index is 479. The second-order valence-electron chi connectivity index (χ2n) is 4.85. The maximum atomic E-state index is 11.9.